The van der Waals surface area contributed by atoms with Crippen LogP contribution in [0.25, 0.3) is 0 Å². The van der Waals surface area contributed by atoms with Crippen LogP contribution in [0.5, 0.6) is 5.75 Å². The van der Waals surface area contributed by atoms with E-state index in [0.29, 0.717) is 19.6 Å². The SMILES string of the molecule is CN=C(NCCN1CCCS1(=O)=O)N1CCC(Oc2ccccc2)CC1. The zero-order valence-corrected chi connectivity index (χ0v) is 16.1. The first-order chi connectivity index (χ1) is 12.6. The maximum atomic E-state index is 11.8. The smallest absolute Gasteiger partial charge is 0.214 e. The topological polar surface area (TPSA) is 74.2 Å². The Balaban J connectivity index is 1.42. The maximum absolute atomic E-state index is 11.8. The molecular formula is C18H28N4O3S. The van der Waals surface area contributed by atoms with Gasteiger partial charge in [-0.2, -0.15) is 0 Å². The molecule has 0 aliphatic carbocycles. The van der Waals surface area contributed by atoms with Crippen molar-refractivity contribution >= 4 is 16.0 Å². The third-order valence-electron chi connectivity index (χ3n) is 4.85. The van der Waals surface area contributed by atoms with Gasteiger partial charge in [0.05, 0.1) is 5.75 Å². The quantitative estimate of drug-likeness (QED) is 0.613. The minimum absolute atomic E-state index is 0.224. The van der Waals surface area contributed by atoms with E-state index in [1.165, 1.54) is 0 Å². The summed E-state index contributed by atoms with van der Waals surface area (Å²) in [6.45, 7) is 3.45. The van der Waals surface area contributed by atoms with Gasteiger partial charge in [-0.3, -0.25) is 4.99 Å². The van der Waals surface area contributed by atoms with E-state index in [-0.39, 0.29) is 11.9 Å². The van der Waals surface area contributed by atoms with Crippen LogP contribution in [0, 0.1) is 0 Å². The number of benzene rings is 1. The van der Waals surface area contributed by atoms with Crippen molar-refractivity contribution < 1.29 is 13.2 Å². The Bertz CT molecular complexity index is 700. The van der Waals surface area contributed by atoms with Crippen LogP contribution >= 0.6 is 0 Å². The van der Waals surface area contributed by atoms with Crippen LogP contribution in [0.1, 0.15) is 19.3 Å². The lowest BCUT2D eigenvalue weighted by molar-refractivity contribution is 0.129. The lowest BCUT2D eigenvalue weighted by Gasteiger charge is -2.34. The molecule has 7 nitrogen and oxygen atoms in total. The molecule has 3 rings (SSSR count). The van der Waals surface area contributed by atoms with Gasteiger partial charge < -0.3 is 15.0 Å². The van der Waals surface area contributed by atoms with E-state index in [0.717, 1.165) is 44.1 Å². The lowest BCUT2D eigenvalue weighted by Crippen LogP contribution is -2.49. The van der Waals surface area contributed by atoms with Gasteiger partial charge in [0.25, 0.3) is 0 Å². The van der Waals surface area contributed by atoms with Crippen molar-refractivity contribution in [3.05, 3.63) is 30.3 Å². The van der Waals surface area contributed by atoms with Gasteiger partial charge in [0.15, 0.2) is 5.96 Å². The van der Waals surface area contributed by atoms with E-state index in [9.17, 15) is 8.42 Å². The fourth-order valence-corrected chi connectivity index (χ4v) is 4.97. The van der Waals surface area contributed by atoms with Crippen molar-refractivity contribution in [3.8, 4) is 5.75 Å². The van der Waals surface area contributed by atoms with Gasteiger partial charge in [-0.05, 0) is 18.6 Å². The van der Waals surface area contributed by atoms with Crippen molar-refractivity contribution in [1.29, 1.82) is 0 Å². The fraction of sp³-hybridized carbons (Fsp3) is 0.611. The molecule has 2 heterocycles. The second-order valence-corrected chi connectivity index (χ2v) is 8.75. The number of para-hydroxylation sites is 1. The zero-order valence-electron chi connectivity index (χ0n) is 15.3. The first kappa shape index (κ1) is 19.0. The first-order valence-corrected chi connectivity index (χ1v) is 10.8. The molecule has 0 radical (unpaired) electrons. The zero-order chi connectivity index (χ0) is 18.4. The number of rotatable bonds is 5. The molecule has 144 valence electrons. The molecule has 2 aliphatic heterocycles. The number of sulfonamides is 1. The molecule has 0 amide bonds. The molecule has 0 spiro atoms. The van der Waals surface area contributed by atoms with E-state index < -0.39 is 10.0 Å². The lowest BCUT2D eigenvalue weighted by atomic mass is 10.1. The predicted molar refractivity (Wildman–Crippen MR) is 103 cm³/mol. The highest BCUT2D eigenvalue weighted by Crippen LogP contribution is 2.18. The molecule has 2 fully saturated rings. The van der Waals surface area contributed by atoms with Crippen LogP contribution < -0.4 is 10.1 Å². The number of aliphatic imine (C=N–C) groups is 1. The normalized spacial score (nSPS) is 21.7. The summed E-state index contributed by atoms with van der Waals surface area (Å²) < 4.78 is 31.3. The molecule has 1 aromatic rings. The van der Waals surface area contributed by atoms with E-state index in [1.807, 2.05) is 30.3 Å². The summed E-state index contributed by atoms with van der Waals surface area (Å²) in [6.07, 6.45) is 2.83. The Labute approximate surface area is 156 Å². The average molecular weight is 381 g/mol. The van der Waals surface area contributed by atoms with Gasteiger partial charge in [0, 0.05) is 52.6 Å². The minimum atomic E-state index is -3.03. The molecule has 0 unspecified atom stereocenters. The predicted octanol–water partition coefficient (Wildman–Crippen LogP) is 1.14. The molecule has 0 aromatic heterocycles. The van der Waals surface area contributed by atoms with Crippen molar-refractivity contribution in [2.75, 3.05) is 45.5 Å². The highest BCUT2D eigenvalue weighted by Gasteiger charge is 2.28. The molecule has 1 aromatic carbocycles. The van der Waals surface area contributed by atoms with E-state index in [4.69, 9.17) is 4.74 Å². The Morgan fingerprint density at radius 3 is 2.58 bits per heavy atom. The van der Waals surface area contributed by atoms with Gasteiger partial charge in [-0.15, -0.1) is 0 Å². The molecule has 0 saturated carbocycles. The molecular weight excluding hydrogens is 352 g/mol. The molecule has 1 N–H and O–H groups in total. The Hall–Kier alpha value is -1.80. The van der Waals surface area contributed by atoms with Gasteiger partial charge in [0.1, 0.15) is 11.9 Å². The number of nitrogens with zero attached hydrogens (tertiary/aromatic N) is 3. The van der Waals surface area contributed by atoms with Crippen molar-refractivity contribution in [2.24, 2.45) is 4.99 Å². The van der Waals surface area contributed by atoms with Crippen molar-refractivity contribution in [3.63, 3.8) is 0 Å². The highest BCUT2D eigenvalue weighted by atomic mass is 32.2. The molecule has 2 aliphatic rings. The molecule has 2 saturated heterocycles. The summed E-state index contributed by atoms with van der Waals surface area (Å²) in [5, 5.41) is 3.30. The number of likely N-dealkylation sites (tertiary alicyclic amines) is 1. The maximum Gasteiger partial charge on any atom is 0.214 e. The molecule has 8 heteroatoms. The number of nitrogens with one attached hydrogen (secondary N) is 1. The van der Waals surface area contributed by atoms with Crippen LogP contribution in [0.3, 0.4) is 0 Å². The number of guanidine groups is 1. The standard InChI is InChI=1S/C18H28N4O3S/c1-19-18(20-10-14-22-11-5-15-26(22,23)24)21-12-8-17(9-13-21)25-16-6-3-2-4-7-16/h2-4,6-7,17H,5,8-15H2,1H3,(H,19,20). The second kappa shape index (κ2) is 8.73. The number of hydrogen-bond donors (Lipinski definition) is 1. The Kier molecular flexibility index (Phi) is 6.37. The number of ether oxygens (including phenoxy) is 1. The Morgan fingerprint density at radius 2 is 1.96 bits per heavy atom. The molecule has 0 bridgehead atoms. The van der Waals surface area contributed by atoms with Gasteiger partial charge in [-0.25, -0.2) is 12.7 Å². The fourth-order valence-electron chi connectivity index (χ4n) is 3.44. The largest absolute Gasteiger partial charge is 0.490 e. The Morgan fingerprint density at radius 1 is 1.23 bits per heavy atom. The van der Waals surface area contributed by atoms with Crippen LogP contribution in [0.2, 0.25) is 0 Å². The summed E-state index contributed by atoms with van der Waals surface area (Å²) >= 11 is 0. The summed E-state index contributed by atoms with van der Waals surface area (Å²) in [7, 11) is -1.26. The monoisotopic (exact) mass is 380 g/mol. The van der Waals surface area contributed by atoms with Gasteiger partial charge >= 0.3 is 0 Å². The summed E-state index contributed by atoms with van der Waals surface area (Å²) in [6, 6.07) is 9.92. The number of piperidine rings is 1. The van der Waals surface area contributed by atoms with Crippen LogP contribution in [0.4, 0.5) is 0 Å². The third-order valence-corrected chi connectivity index (χ3v) is 6.80. The summed E-state index contributed by atoms with van der Waals surface area (Å²) in [4.78, 5) is 6.56. The van der Waals surface area contributed by atoms with Crippen LogP contribution in [0.15, 0.2) is 35.3 Å². The van der Waals surface area contributed by atoms with Gasteiger partial charge in [-0.1, -0.05) is 18.2 Å². The molecule has 0 atom stereocenters. The van der Waals surface area contributed by atoms with Crippen LogP contribution in [-0.4, -0.2) is 75.2 Å². The first-order valence-electron chi connectivity index (χ1n) is 9.23. The third kappa shape index (κ3) is 4.88. The van der Waals surface area contributed by atoms with Gasteiger partial charge in [0.2, 0.25) is 10.0 Å². The van der Waals surface area contributed by atoms with E-state index >= 15 is 0 Å². The van der Waals surface area contributed by atoms with Crippen LogP contribution in [-0.2, 0) is 10.0 Å². The van der Waals surface area contributed by atoms with E-state index in [1.54, 1.807) is 11.4 Å². The highest BCUT2D eigenvalue weighted by molar-refractivity contribution is 7.89. The average Bonchev–Trinajstić information content (AvgIpc) is 2.99. The summed E-state index contributed by atoms with van der Waals surface area (Å²) in [5.41, 5.74) is 0. The van der Waals surface area contributed by atoms with E-state index in [2.05, 4.69) is 15.2 Å². The van der Waals surface area contributed by atoms with Crippen molar-refractivity contribution in [1.82, 2.24) is 14.5 Å². The minimum Gasteiger partial charge on any atom is -0.490 e. The summed E-state index contributed by atoms with van der Waals surface area (Å²) in [5.74, 6) is 2.02. The van der Waals surface area contributed by atoms with Crippen molar-refractivity contribution in [2.45, 2.75) is 25.4 Å². The molecule has 26 heavy (non-hydrogen) atoms. The second-order valence-electron chi connectivity index (χ2n) is 6.66. The number of hydrogen-bond acceptors (Lipinski definition) is 4.